The SMILES string of the molecule is CCCC(CO)(COCC(O)CC)COCC(O)CC. The van der Waals surface area contributed by atoms with Crippen LogP contribution in [-0.4, -0.2) is 60.6 Å². The third kappa shape index (κ3) is 8.17. The van der Waals surface area contributed by atoms with Gasteiger partial charge in [-0.25, -0.2) is 0 Å². The summed E-state index contributed by atoms with van der Waals surface area (Å²) in [7, 11) is 0. The molecule has 0 aromatic carbocycles. The molecular weight excluding hydrogens is 260 g/mol. The van der Waals surface area contributed by atoms with Crippen LogP contribution in [0.1, 0.15) is 46.5 Å². The average molecular weight is 292 g/mol. The molecule has 0 spiro atoms. The van der Waals surface area contributed by atoms with E-state index in [2.05, 4.69) is 0 Å². The Hall–Kier alpha value is -0.200. The maximum atomic E-state index is 9.67. The number of rotatable bonds is 13. The molecule has 3 N–H and O–H groups in total. The molecule has 0 aliphatic carbocycles. The van der Waals surface area contributed by atoms with Gasteiger partial charge in [0.2, 0.25) is 0 Å². The monoisotopic (exact) mass is 292 g/mol. The predicted molar refractivity (Wildman–Crippen MR) is 78.7 cm³/mol. The summed E-state index contributed by atoms with van der Waals surface area (Å²) in [6.07, 6.45) is 2.08. The van der Waals surface area contributed by atoms with E-state index >= 15 is 0 Å². The van der Waals surface area contributed by atoms with Crippen molar-refractivity contribution in [3.8, 4) is 0 Å². The molecule has 122 valence electrons. The molecule has 2 unspecified atom stereocenters. The van der Waals surface area contributed by atoms with E-state index in [0.717, 1.165) is 12.8 Å². The second-order valence-electron chi connectivity index (χ2n) is 5.56. The Balaban J connectivity index is 4.26. The van der Waals surface area contributed by atoms with Gasteiger partial charge in [-0.3, -0.25) is 0 Å². The van der Waals surface area contributed by atoms with Gasteiger partial charge in [-0.05, 0) is 19.3 Å². The fraction of sp³-hybridized carbons (Fsp3) is 1.00. The molecule has 0 saturated carbocycles. The minimum Gasteiger partial charge on any atom is -0.396 e. The number of hydrogen-bond donors (Lipinski definition) is 3. The summed E-state index contributed by atoms with van der Waals surface area (Å²) in [6, 6.07) is 0. The summed E-state index contributed by atoms with van der Waals surface area (Å²) in [5.74, 6) is 0. The zero-order valence-electron chi connectivity index (χ0n) is 13.2. The second kappa shape index (κ2) is 11.5. The third-order valence-corrected chi connectivity index (χ3v) is 3.50. The number of aliphatic hydroxyl groups excluding tert-OH is 3. The predicted octanol–water partition coefficient (Wildman–Crippen LogP) is 1.34. The Kier molecular flexibility index (Phi) is 11.3. The van der Waals surface area contributed by atoms with Crippen LogP contribution in [0.25, 0.3) is 0 Å². The van der Waals surface area contributed by atoms with Crippen LogP contribution in [-0.2, 0) is 9.47 Å². The molecule has 0 aliphatic heterocycles. The highest BCUT2D eigenvalue weighted by Gasteiger charge is 2.30. The summed E-state index contributed by atoms with van der Waals surface area (Å²) < 4.78 is 11.1. The molecule has 20 heavy (non-hydrogen) atoms. The largest absolute Gasteiger partial charge is 0.396 e. The van der Waals surface area contributed by atoms with Crippen molar-refractivity contribution in [2.45, 2.75) is 58.7 Å². The van der Waals surface area contributed by atoms with Gasteiger partial charge < -0.3 is 24.8 Å². The average Bonchev–Trinajstić information content (AvgIpc) is 2.46. The summed E-state index contributed by atoms with van der Waals surface area (Å²) in [5.41, 5.74) is -0.449. The molecule has 2 atom stereocenters. The highest BCUT2D eigenvalue weighted by Crippen LogP contribution is 2.25. The van der Waals surface area contributed by atoms with Crippen molar-refractivity contribution in [1.82, 2.24) is 0 Å². The van der Waals surface area contributed by atoms with Crippen LogP contribution in [0.2, 0.25) is 0 Å². The van der Waals surface area contributed by atoms with Crippen LogP contribution in [0.15, 0.2) is 0 Å². The zero-order valence-corrected chi connectivity index (χ0v) is 13.2. The molecule has 0 rings (SSSR count). The lowest BCUT2D eigenvalue weighted by Gasteiger charge is -2.31. The molecule has 0 bridgehead atoms. The Morgan fingerprint density at radius 1 is 0.900 bits per heavy atom. The van der Waals surface area contributed by atoms with Gasteiger partial charge >= 0.3 is 0 Å². The van der Waals surface area contributed by atoms with Gasteiger partial charge in [-0.15, -0.1) is 0 Å². The van der Waals surface area contributed by atoms with Crippen molar-refractivity contribution in [3.63, 3.8) is 0 Å². The van der Waals surface area contributed by atoms with E-state index in [0.29, 0.717) is 26.1 Å². The van der Waals surface area contributed by atoms with Crippen LogP contribution >= 0.6 is 0 Å². The third-order valence-electron chi connectivity index (χ3n) is 3.50. The molecule has 0 fully saturated rings. The van der Waals surface area contributed by atoms with E-state index in [9.17, 15) is 15.3 Å². The van der Waals surface area contributed by atoms with E-state index in [1.54, 1.807) is 0 Å². The zero-order chi connectivity index (χ0) is 15.4. The quantitative estimate of drug-likeness (QED) is 0.477. The van der Waals surface area contributed by atoms with Crippen molar-refractivity contribution in [1.29, 1.82) is 0 Å². The molecule has 0 saturated heterocycles. The first kappa shape index (κ1) is 19.8. The number of ether oxygens (including phenoxy) is 2. The van der Waals surface area contributed by atoms with E-state index < -0.39 is 17.6 Å². The molecular formula is C15H32O5. The van der Waals surface area contributed by atoms with Gasteiger partial charge in [0.05, 0.1) is 45.2 Å². The minimum absolute atomic E-state index is 0.0225. The Bertz CT molecular complexity index is 206. The number of aliphatic hydroxyl groups is 3. The number of hydrogen-bond acceptors (Lipinski definition) is 5. The summed E-state index contributed by atoms with van der Waals surface area (Å²) >= 11 is 0. The van der Waals surface area contributed by atoms with Crippen LogP contribution < -0.4 is 0 Å². The van der Waals surface area contributed by atoms with Gasteiger partial charge in [0.1, 0.15) is 0 Å². The minimum atomic E-state index is -0.462. The molecule has 5 heteroatoms. The highest BCUT2D eigenvalue weighted by molar-refractivity contribution is 4.78. The van der Waals surface area contributed by atoms with Crippen molar-refractivity contribution < 1.29 is 24.8 Å². The highest BCUT2D eigenvalue weighted by atomic mass is 16.5. The Morgan fingerprint density at radius 2 is 1.35 bits per heavy atom. The van der Waals surface area contributed by atoms with Gasteiger partial charge in [0.25, 0.3) is 0 Å². The first-order valence-corrected chi connectivity index (χ1v) is 7.66. The standard InChI is InChI=1S/C15H32O5/c1-4-7-15(10-16,11-19-8-13(17)5-2)12-20-9-14(18)6-3/h13-14,16-18H,4-12H2,1-3H3. The lowest BCUT2D eigenvalue weighted by molar-refractivity contribution is -0.0820. The summed E-state index contributed by atoms with van der Waals surface area (Å²) in [6.45, 7) is 7.09. The maximum Gasteiger partial charge on any atom is 0.0771 e. The fourth-order valence-corrected chi connectivity index (χ4v) is 1.95. The molecule has 0 radical (unpaired) electrons. The normalized spacial score (nSPS) is 17.7. The smallest absolute Gasteiger partial charge is 0.0771 e. The van der Waals surface area contributed by atoms with E-state index in [1.807, 2.05) is 20.8 Å². The first-order chi connectivity index (χ1) is 9.53. The van der Waals surface area contributed by atoms with Crippen LogP contribution in [0.3, 0.4) is 0 Å². The first-order valence-electron chi connectivity index (χ1n) is 7.66. The van der Waals surface area contributed by atoms with Crippen molar-refractivity contribution in [2.75, 3.05) is 33.0 Å². The summed E-state index contributed by atoms with van der Waals surface area (Å²) in [4.78, 5) is 0. The molecule has 0 heterocycles. The van der Waals surface area contributed by atoms with Gasteiger partial charge in [-0.2, -0.15) is 0 Å². The van der Waals surface area contributed by atoms with Crippen LogP contribution in [0.4, 0.5) is 0 Å². The molecule has 5 nitrogen and oxygen atoms in total. The van der Waals surface area contributed by atoms with Crippen molar-refractivity contribution in [3.05, 3.63) is 0 Å². The lowest BCUT2D eigenvalue weighted by atomic mass is 9.86. The van der Waals surface area contributed by atoms with E-state index in [1.165, 1.54) is 0 Å². The van der Waals surface area contributed by atoms with E-state index in [4.69, 9.17) is 9.47 Å². The summed E-state index contributed by atoms with van der Waals surface area (Å²) in [5, 5.41) is 28.6. The Labute approximate surface area is 122 Å². The molecule has 0 aromatic rings. The fourth-order valence-electron chi connectivity index (χ4n) is 1.95. The van der Waals surface area contributed by atoms with Crippen molar-refractivity contribution in [2.24, 2.45) is 5.41 Å². The second-order valence-corrected chi connectivity index (χ2v) is 5.56. The van der Waals surface area contributed by atoms with Gasteiger partial charge in [-0.1, -0.05) is 27.2 Å². The lowest BCUT2D eigenvalue weighted by Crippen LogP contribution is -2.38. The molecule has 0 aliphatic rings. The van der Waals surface area contributed by atoms with Crippen LogP contribution in [0.5, 0.6) is 0 Å². The molecule has 0 aromatic heterocycles. The van der Waals surface area contributed by atoms with Gasteiger partial charge in [0.15, 0.2) is 0 Å². The van der Waals surface area contributed by atoms with E-state index in [-0.39, 0.29) is 19.8 Å². The molecule has 0 amide bonds. The van der Waals surface area contributed by atoms with Gasteiger partial charge in [0, 0.05) is 5.41 Å². The van der Waals surface area contributed by atoms with Crippen molar-refractivity contribution >= 4 is 0 Å². The van der Waals surface area contributed by atoms with Crippen LogP contribution in [0, 0.1) is 5.41 Å². The topological polar surface area (TPSA) is 79.2 Å². The Morgan fingerprint density at radius 3 is 1.65 bits per heavy atom. The maximum absolute atomic E-state index is 9.67.